The van der Waals surface area contributed by atoms with Crippen molar-refractivity contribution in [3.63, 3.8) is 0 Å². The number of amides is 1. The van der Waals surface area contributed by atoms with Gasteiger partial charge in [0.2, 0.25) is 0 Å². The van der Waals surface area contributed by atoms with Gasteiger partial charge in [-0.1, -0.05) is 39.7 Å². The average Bonchev–Trinajstić information content (AvgIpc) is 2.60. The third-order valence-corrected chi connectivity index (χ3v) is 3.78. The maximum atomic E-state index is 11.8. The molecule has 0 atom stereocenters. The fourth-order valence-electron chi connectivity index (χ4n) is 1.83. The van der Waals surface area contributed by atoms with Crippen molar-refractivity contribution < 1.29 is 24.0 Å². The summed E-state index contributed by atoms with van der Waals surface area (Å²) in [5, 5.41) is 13.7. The lowest BCUT2D eigenvalue weighted by Crippen LogP contribution is -2.23. The van der Waals surface area contributed by atoms with Gasteiger partial charge in [0.1, 0.15) is 0 Å². The number of nitro benzene ring substituents is 1. The molecule has 2 rings (SSSR count). The quantitative estimate of drug-likeness (QED) is 0.398. The van der Waals surface area contributed by atoms with E-state index in [0.717, 1.165) is 4.47 Å². The molecular formula is C16H12BrClN2O6. The number of halogens is 2. The Balaban J connectivity index is 1.81. The first-order valence-corrected chi connectivity index (χ1v) is 8.30. The maximum Gasteiger partial charge on any atom is 0.344 e. The molecule has 8 nitrogen and oxygen atoms in total. The molecule has 0 aromatic heterocycles. The summed E-state index contributed by atoms with van der Waals surface area (Å²) in [4.78, 5) is 33.6. The molecule has 0 saturated heterocycles. The molecule has 0 aliphatic rings. The number of benzene rings is 2. The molecule has 2 aromatic carbocycles. The number of carbonyl (C=O) groups is 2. The van der Waals surface area contributed by atoms with Crippen molar-refractivity contribution in [3.8, 4) is 5.75 Å². The molecule has 2 aromatic rings. The zero-order valence-corrected chi connectivity index (χ0v) is 15.5. The highest BCUT2D eigenvalue weighted by molar-refractivity contribution is 9.10. The number of esters is 1. The van der Waals surface area contributed by atoms with Crippen LogP contribution in [0.2, 0.25) is 5.02 Å². The molecule has 0 radical (unpaired) electrons. The van der Waals surface area contributed by atoms with Crippen molar-refractivity contribution in [2.75, 3.05) is 18.5 Å². The lowest BCUT2D eigenvalue weighted by atomic mass is 10.3. The normalized spacial score (nSPS) is 10.1. The Morgan fingerprint density at radius 1 is 1.19 bits per heavy atom. The number of nitrogens with zero attached hydrogens (tertiary/aromatic N) is 1. The van der Waals surface area contributed by atoms with E-state index >= 15 is 0 Å². The third-order valence-electron chi connectivity index (χ3n) is 2.98. The highest BCUT2D eigenvalue weighted by atomic mass is 79.9. The fourth-order valence-corrected chi connectivity index (χ4v) is 2.55. The highest BCUT2D eigenvalue weighted by Crippen LogP contribution is 2.26. The SMILES string of the molecule is O=C(COC(=O)COc1ccccc1[N+](=O)[O-])Nc1ccc(Br)cc1Cl. The number of hydrogen-bond donors (Lipinski definition) is 1. The Labute approximate surface area is 161 Å². The van der Waals surface area contributed by atoms with Crippen LogP contribution in [0.1, 0.15) is 0 Å². The first-order valence-electron chi connectivity index (χ1n) is 7.13. The summed E-state index contributed by atoms with van der Waals surface area (Å²) < 4.78 is 10.6. The summed E-state index contributed by atoms with van der Waals surface area (Å²) >= 11 is 9.21. The number of anilines is 1. The minimum atomic E-state index is -0.847. The van der Waals surface area contributed by atoms with Crippen molar-refractivity contribution in [2.45, 2.75) is 0 Å². The van der Waals surface area contributed by atoms with Crippen LogP contribution in [0.5, 0.6) is 5.75 Å². The van der Waals surface area contributed by atoms with E-state index in [9.17, 15) is 19.7 Å². The summed E-state index contributed by atoms with van der Waals surface area (Å²) in [7, 11) is 0. The van der Waals surface area contributed by atoms with Gasteiger partial charge in [0.25, 0.3) is 5.91 Å². The Bertz CT molecular complexity index is 845. The second-order valence-corrected chi connectivity index (χ2v) is 6.17. The number of ether oxygens (including phenoxy) is 2. The number of para-hydroxylation sites is 2. The van der Waals surface area contributed by atoms with E-state index in [1.807, 2.05) is 0 Å². The highest BCUT2D eigenvalue weighted by Gasteiger charge is 2.16. The van der Waals surface area contributed by atoms with Crippen LogP contribution < -0.4 is 10.1 Å². The number of nitro groups is 1. The van der Waals surface area contributed by atoms with E-state index in [1.165, 1.54) is 24.3 Å². The molecule has 0 bridgehead atoms. The summed E-state index contributed by atoms with van der Waals surface area (Å²) in [6.45, 7) is -1.12. The molecule has 26 heavy (non-hydrogen) atoms. The standard InChI is InChI=1S/C16H12BrClN2O6/c17-10-5-6-12(11(18)7-10)19-15(21)8-26-16(22)9-25-14-4-2-1-3-13(14)20(23)24/h1-7H,8-9H2,(H,19,21). The Hall–Kier alpha value is -2.65. The van der Waals surface area contributed by atoms with Crippen molar-refractivity contribution in [3.05, 3.63) is 62.1 Å². The van der Waals surface area contributed by atoms with Gasteiger partial charge in [-0.25, -0.2) is 4.79 Å². The molecule has 0 unspecified atom stereocenters. The largest absolute Gasteiger partial charge is 0.475 e. The molecule has 0 fully saturated rings. The minimum absolute atomic E-state index is 0.0689. The van der Waals surface area contributed by atoms with Gasteiger partial charge in [-0.2, -0.15) is 0 Å². The Morgan fingerprint density at radius 2 is 1.92 bits per heavy atom. The van der Waals surface area contributed by atoms with Crippen molar-refractivity contribution in [1.29, 1.82) is 0 Å². The molecule has 0 heterocycles. The maximum absolute atomic E-state index is 11.8. The predicted octanol–water partition coefficient (Wildman–Crippen LogP) is 3.57. The van der Waals surface area contributed by atoms with E-state index in [0.29, 0.717) is 10.7 Å². The van der Waals surface area contributed by atoms with Gasteiger partial charge in [0.05, 0.1) is 15.6 Å². The molecular weight excluding hydrogens is 432 g/mol. The van der Waals surface area contributed by atoms with Gasteiger partial charge >= 0.3 is 11.7 Å². The van der Waals surface area contributed by atoms with Gasteiger partial charge in [0.15, 0.2) is 19.0 Å². The molecule has 1 amide bonds. The number of hydrogen-bond acceptors (Lipinski definition) is 6. The molecule has 136 valence electrons. The molecule has 1 N–H and O–H groups in total. The third kappa shape index (κ3) is 5.71. The first-order chi connectivity index (χ1) is 12.4. The van der Waals surface area contributed by atoms with Crippen LogP contribution in [0.15, 0.2) is 46.9 Å². The zero-order chi connectivity index (χ0) is 19.1. The lowest BCUT2D eigenvalue weighted by molar-refractivity contribution is -0.385. The summed E-state index contributed by atoms with van der Waals surface area (Å²) in [5.41, 5.74) is 0.0926. The van der Waals surface area contributed by atoms with Gasteiger partial charge in [-0.05, 0) is 24.3 Å². The van der Waals surface area contributed by atoms with Crippen LogP contribution in [0.25, 0.3) is 0 Å². The average molecular weight is 444 g/mol. The summed E-state index contributed by atoms with van der Waals surface area (Å²) in [6.07, 6.45) is 0. The van der Waals surface area contributed by atoms with Crippen molar-refractivity contribution in [2.24, 2.45) is 0 Å². The van der Waals surface area contributed by atoms with Gasteiger partial charge < -0.3 is 14.8 Å². The topological polar surface area (TPSA) is 108 Å². The van der Waals surface area contributed by atoms with Crippen LogP contribution in [0.3, 0.4) is 0 Å². The van der Waals surface area contributed by atoms with Crippen LogP contribution >= 0.6 is 27.5 Å². The van der Waals surface area contributed by atoms with E-state index in [4.69, 9.17) is 21.1 Å². The van der Waals surface area contributed by atoms with Crippen LogP contribution in [0.4, 0.5) is 11.4 Å². The second kappa shape index (κ2) is 9.16. The van der Waals surface area contributed by atoms with E-state index in [1.54, 1.807) is 18.2 Å². The second-order valence-electron chi connectivity index (χ2n) is 4.85. The molecule has 10 heteroatoms. The monoisotopic (exact) mass is 442 g/mol. The smallest absolute Gasteiger partial charge is 0.344 e. The molecule has 0 spiro atoms. The van der Waals surface area contributed by atoms with Gasteiger partial charge in [0, 0.05) is 10.5 Å². The van der Waals surface area contributed by atoms with Crippen LogP contribution in [0, 0.1) is 10.1 Å². The van der Waals surface area contributed by atoms with Crippen LogP contribution in [-0.4, -0.2) is 30.0 Å². The van der Waals surface area contributed by atoms with Crippen molar-refractivity contribution >= 4 is 50.8 Å². The number of rotatable bonds is 7. The van der Waals surface area contributed by atoms with E-state index in [2.05, 4.69) is 21.2 Å². The fraction of sp³-hybridized carbons (Fsp3) is 0.125. The van der Waals surface area contributed by atoms with Crippen molar-refractivity contribution in [1.82, 2.24) is 0 Å². The minimum Gasteiger partial charge on any atom is -0.475 e. The van der Waals surface area contributed by atoms with E-state index < -0.39 is 30.0 Å². The Kier molecular flexibility index (Phi) is 6.93. The molecule has 0 saturated carbocycles. The van der Waals surface area contributed by atoms with Gasteiger partial charge in [-0.3, -0.25) is 14.9 Å². The van der Waals surface area contributed by atoms with E-state index in [-0.39, 0.29) is 11.4 Å². The zero-order valence-electron chi connectivity index (χ0n) is 13.1. The number of nitrogens with one attached hydrogen (secondary N) is 1. The Morgan fingerprint density at radius 3 is 2.62 bits per heavy atom. The predicted molar refractivity (Wildman–Crippen MR) is 97.3 cm³/mol. The molecule has 0 aliphatic carbocycles. The summed E-state index contributed by atoms with van der Waals surface area (Å²) in [6, 6.07) is 10.5. The molecule has 0 aliphatic heterocycles. The first kappa shape index (κ1) is 19.7. The summed E-state index contributed by atoms with van der Waals surface area (Å²) in [5.74, 6) is -1.51. The lowest BCUT2D eigenvalue weighted by Gasteiger charge is -2.09. The number of carbonyl (C=O) groups excluding carboxylic acids is 2. The van der Waals surface area contributed by atoms with Gasteiger partial charge in [-0.15, -0.1) is 0 Å². The van der Waals surface area contributed by atoms with Crippen LogP contribution in [-0.2, 0) is 14.3 Å².